The molecule has 0 aromatic heterocycles. The molecule has 0 aromatic rings. The molecule has 1 heterocycles. The summed E-state index contributed by atoms with van der Waals surface area (Å²) in [5.74, 6) is 0.560. The summed E-state index contributed by atoms with van der Waals surface area (Å²) in [5.41, 5.74) is 6.14. The number of ether oxygens (including phenoxy) is 2. The zero-order chi connectivity index (χ0) is 15.8. The number of allylic oxidation sites excluding steroid dienone is 3. The van der Waals surface area contributed by atoms with E-state index in [0.717, 1.165) is 0 Å². The Bertz CT molecular complexity index is 439. The molecule has 0 radical (unpaired) electrons. The number of rotatable bonds is 6. The number of carbonyl (C=O) groups is 1. The number of aliphatic hydroxyl groups excluding tert-OH is 1. The summed E-state index contributed by atoms with van der Waals surface area (Å²) in [5, 5.41) is 9.64. The number of hydrogen-bond donors (Lipinski definition) is 2. The highest BCUT2D eigenvalue weighted by Crippen LogP contribution is 2.17. The van der Waals surface area contributed by atoms with Gasteiger partial charge in [0.2, 0.25) is 5.91 Å². The third-order valence-electron chi connectivity index (χ3n) is 3.27. The summed E-state index contributed by atoms with van der Waals surface area (Å²) in [6, 6.07) is -0.150. The minimum Gasteiger partial charge on any atom is -0.512 e. The zero-order valence-corrected chi connectivity index (χ0v) is 12.7. The fourth-order valence-electron chi connectivity index (χ4n) is 2.16. The molecule has 1 aliphatic heterocycles. The SMILES string of the molecule is C=C/C=C(OC[C@@H]1COCCN1C(C)=O)\C(CN)=C(/C)O. The third kappa shape index (κ3) is 4.91. The van der Waals surface area contributed by atoms with Crippen molar-refractivity contribution < 1.29 is 19.4 Å². The molecule has 0 aliphatic carbocycles. The lowest BCUT2D eigenvalue weighted by atomic mass is 10.1. The molecule has 1 aliphatic rings. The Morgan fingerprint density at radius 2 is 2.29 bits per heavy atom. The fraction of sp³-hybridized carbons (Fsp3) is 0.533. The van der Waals surface area contributed by atoms with Crippen LogP contribution in [0.5, 0.6) is 0 Å². The van der Waals surface area contributed by atoms with E-state index in [1.54, 1.807) is 24.0 Å². The minimum absolute atomic E-state index is 0.00548. The monoisotopic (exact) mass is 296 g/mol. The maximum atomic E-state index is 11.6. The van der Waals surface area contributed by atoms with Crippen LogP contribution in [0.15, 0.2) is 35.8 Å². The lowest BCUT2D eigenvalue weighted by molar-refractivity contribution is -0.139. The minimum atomic E-state index is -0.150. The van der Waals surface area contributed by atoms with Crippen LogP contribution in [0.25, 0.3) is 0 Å². The van der Waals surface area contributed by atoms with E-state index < -0.39 is 0 Å². The Labute approximate surface area is 125 Å². The molecule has 0 unspecified atom stereocenters. The van der Waals surface area contributed by atoms with Crippen molar-refractivity contribution in [1.82, 2.24) is 4.90 Å². The van der Waals surface area contributed by atoms with Gasteiger partial charge in [-0.2, -0.15) is 0 Å². The topological polar surface area (TPSA) is 85.0 Å². The number of morpholine rings is 1. The normalized spacial score (nSPS) is 20.8. The van der Waals surface area contributed by atoms with Crippen LogP contribution >= 0.6 is 0 Å². The van der Waals surface area contributed by atoms with Crippen molar-refractivity contribution in [1.29, 1.82) is 0 Å². The molecule has 6 heteroatoms. The van der Waals surface area contributed by atoms with Crippen molar-refractivity contribution in [3.05, 3.63) is 35.8 Å². The van der Waals surface area contributed by atoms with Gasteiger partial charge in [-0.05, 0) is 13.0 Å². The van der Waals surface area contributed by atoms with Crippen molar-refractivity contribution in [2.24, 2.45) is 5.73 Å². The molecule has 1 saturated heterocycles. The van der Waals surface area contributed by atoms with Gasteiger partial charge in [-0.1, -0.05) is 12.7 Å². The van der Waals surface area contributed by atoms with Crippen LogP contribution in [0.2, 0.25) is 0 Å². The highest BCUT2D eigenvalue weighted by Gasteiger charge is 2.26. The van der Waals surface area contributed by atoms with E-state index in [9.17, 15) is 9.90 Å². The summed E-state index contributed by atoms with van der Waals surface area (Å²) < 4.78 is 11.1. The highest BCUT2D eigenvalue weighted by molar-refractivity contribution is 5.73. The molecule has 0 bridgehead atoms. The van der Waals surface area contributed by atoms with E-state index in [4.69, 9.17) is 15.2 Å². The molecule has 1 fully saturated rings. The fourth-order valence-corrected chi connectivity index (χ4v) is 2.16. The Morgan fingerprint density at radius 3 is 2.81 bits per heavy atom. The standard InChI is InChI=1S/C15H24N2O4/c1-4-5-15(14(8-16)11(2)18)21-10-13-9-20-7-6-17(13)12(3)19/h4-5,13,18H,1,6-10,16H2,2-3H3/b14-11+,15-5+/t13-/m0/s1. The van der Waals surface area contributed by atoms with Crippen LogP contribution in [-0.4, -0.2) is 54.9 Å². The van der Waals surface area contributed by atoms with Gasteiger partial charge in [0.15, 0.2) is 0 Å². The molecule has 1 atom stereocenters. The Balaban J connectivity index is 2.77. The van der Waals surface area contributed by atoms with Crippen molar-refractivity contribution in [2.45, 2.75) is 19.9 Å². The second kappa shape index (κ2) is 8.49. The quantitative estimate of drug-likeness (QED) is 0.566. The van der Waals surface area contributed by atoms with Crippen LogP contribution in [-0.2, 0) is 14.3 Å². The van der Waals surface area contributed by atoms with Crippen LogP contribution in [0.3, 0.4) is 0 Å². The Morgan fingerprint density at radius 1 is 1.57 bits per heavy atom. The van der Waals surface area contributed by atoms with Crippen LogP contribution in [0.4, 0.5) is 0 Å². The third-order valence-corrected chi connectivity index (χ3v) is 3.27. The summed E-state index contributed by atoms with van der Waals surface area (Å²) in [7, 11) is 0. The van der Waals surface area contributed by atoms with E-state index >= 15 is 0 Å². The number of aliphatic hydroxyl groups is 1. The Kier molecular flexibility index (Phi) is 6.98. The van der Waals surface area contributed by atoms with Crippen molar-refractivity contribution in [2.75, 3.05) is 32.9 Å². The first-order chi connectivity index (χ1) is 10.0. The first kappa shape index (κ1) is 17.3. The summed E-state index contributed by atoms with van der Waals surface area (Å²) in [6.07, 6.45) is 3.21. The van der Waals surface area contributed by atoms with Gasteiger partial charge in [-0.3, -0.25) is 4.79 Å². The lowest BCUT2D eigenvalue weighted by Gasteiger charge is -2.35. The maximum Gasteiger partial charge on any atom is 0.219 e. The number of nitrogens with two attached hydrogens (primary N) is 1. The number of carbonyl (C=O) groups excluding carboxylic acids is 1. The number of hydrogen-bond acceptors (Lipinski definition) is 5. The van der Waals surface area contributed by atoms with Gasteiger partial charge in [0.25, 0.3) is 0 Å². The molecule has 0 aromatic carbocycles. The first-order valence-electron chi connectivity index (χ1n) is 6.90. The van der Waals surface area contributed by atoms with E-state index in [1.807, 2.05) is 0 Å². The second-order valence-electron chi connectivity index (χ2n) is 4.79. The highest BCUT2D eigenvalue weighted by atomic mass is 16.5. The molecule has 6 nitrogen and oxygen atoms in total. The maximum absolute atomic E-state index is 11.6. The lowest BCUT2D eigenvalue weighted by Crippen LogP contribution is -2.50. The largest absolute Gasteiger partial charge is 0.512 e. The number of amides is 1. The van der Waals surface area contributed by atoms with Crippen molar-refractivity contribution in [3.8, 4) is 0 Å². The zero-order valence-electron chi connectivity index (χ0n) is 12.7. The average molecular weight is 296 g/mol. The van der Waals surface area contributed by atoms with Gasteiger partial charge < -0.3 is 25.2 Å². The van der Waals surface area contributed by atoms with E-state index in [2.05, 4.69) is 6.58 Å². The second-order valence-corrected chi connectivity index (χ2v) is 4.79. The predicted octanol–water partition coefficient (Wildman–Crippen LogP) is 1.11. The van der Waals surface area contributed by atoms with Crippen molar-refractivity contribution >= 4 is 5.91 Å². The van der Waals surface area contributed by atoms with Gasteiger partial charge in [0, 0.05) is 25.6 Å². The molecule has 0 saturated carbocycles. The molecule has 21 heavy (non-hydrogen) atoms. The summed E-state index contributed by atoms with van der Waals surface area (Å²) in [4.78, 5) is 13.3. The molecule has 118 valence electrons. The van der Waals surface area contributed by atoms with E-state index in [0.29, 0.717) is 31.1 Å². The molecule has 1 amide bonds. The summed E-state index contributed by atoms with van der Waals surface area (Å²) >= 11 is 0. The molecular weight excluding hydrogens is 272 g/mol. The van der Waals surface area contributed by atoms with Crippen LogP contribution in [0, 0.1) is 0 Å². The van der Waals surface area contributed by atoms with Crippen LogP contribution < -0.4 is 5.73 Å². The molecule has 3 N–H and O–H groups in total. The van der Waals surface area contributed by atoms with Crippen molar-refractivity contribution in [3.63, 3.8) is 0 Å². The van der Waals surface area contributed by atoms with E-state index in [1.165, 1.54) is 6.92 Å². The summed E-state index contributed by atoms with van der Waals surface area (Å²) in [6.45, 7) is 8.66. The smallest absolute Gasteiger partial charge is 0.219 e. The molecule has 1 rings (SSSR count). The average Bonchev–Trinajstić information content (AvgIpc) is 2.45. The van der Waals surface area contributed by atoms with E-state index in [-0.39, 0.29) is 30.9 Å². The predicted molar refractivity (Wildman–Crippen MR) is 80.6 cm³/mol. The molecule has 0 spiro atoms. The van der Waals surface area contributed by atoms with Crippen LogP contribution in [0.1, 0.15) is 13.8 Å². The van der Waals surface area contributed by atoms with Gasteiger partial charge in [0.05, 0.1) is 25.0 Å². The van der Waals surface area contributed by atoms with Gasteiger partial charge in [-0.15, -0.1) is 0 Å². The van der Waals surface area contributed by atoms with Gasteiger partial charge in [-0.25, -0.2) is 0 Å². The number of nitrogens with zero attached hydrogens (tertiary/aromatic N) is 1. The van der Waals surface area contributed by atoms with Gasteiger partial charge in [0.1, 0.15) is 12.4 Å². The van der Waals surface area contributed by atoms with Gasteiger partial charge >= 0.3 is 0 Å². The first-order valence-corrected chi connectivity index (χ1v) is 6.90. The Hall–Kier alpha value is -1.79. The molecular formula is C15H24N2O4.